The SMILES string of the molecule is CC1(C)S[C@H]2N(C(=O)C2(Br)N=Cc2ccccc2)[C@H]1C(=O)O. The van der Waals surface area contributed by atoms with Crippen LogP contribution in [0.5, 0.6) is 0 Å². The van der Waals surface area contributed by atoms with Crippen molar-refractivity contribution in [3.05, 3.63) is 35.9 Å². The molecule has 0 bridgehead atoms. The molecule has 3 rings (SSSR count). The molecule has 0 saturated carbocycles. The van der Waals surface area contributed by atoms with Crippen molar-refractivity contribution in [2.75, 3.05) is 0 Å². The number of carbonyl (C=O) groups is 2. The first-order valence-electron chi connectivity index (χ1n) is 6.80. The fourth-order valence-corrected chi connectivity index (χ4v) is 5.20. The first-order valence-corrected chi connectivity index (χ1v) is 8.47. The van der Waals surface area contributed by atoms with E-state index >= 15 is 0 Å². The number of carboxylic acid groups (broad SMARTS) is 1. The Morgan fingerprint density at radius 1 is 1.41 bits per heavy atom. The van der Waals surface area contributed by atoms with Gasteiger partial charge in [0.05, 0.1) is 0 Å². The molecular weight excluding hydrogens is 368 g/mol. The fourth-order valence-electron chi connectivity index (χ4n) is 2.83. The van der Waals surface area contributed by atoms with E-state index in [0.717, 1.165) is 5.56 Å². The Morgan fingerprint density at radius 2 is 2.05 bits per heavy atom. The van der Waals surface area contributed by atoms with Crippen LogP contribution in [0, 0.1) is 0 Å². The molecule has 1 aromatic carbocycles. The molecule has 2 heterocycles. The molecular formula is C15H15BrN2O3S. The Balaban J connectivity index is 1.88. The van der Waals surface area contributed by atoms with Gasteiger partial charge in [-0.3, -0.25) is 9.79 Å². The van der Waals surface area contributed by atoms with Gasteiger partial charge in [-0.15, -0.1) is 11.8 Å². The topological polar surface area (TPSA) is 70.0 Å². The van der Waals surface area contributed by atoms with Gasteiger partial charge < -0.3 is 10.0 Å². The number of carboxylic acids is 1. The van der Waals surface area contributed by atoms with Gasteiger partial charge in [-0.25, -0.2) is 4.79 Å². The van der Waals surface area contributed by atoms with Crippen LogP contribution in [0.1, 0.15) is 19.4 Å². The monoisotopic (exact) mass is 382 g/mol. The summed E-state index contributed by atoms with van der Waals surface area (Å²) in [5.74, 6) is -1.27. The van der Waals surface area contributed by atoms with Gasteiger partial charge in [0.25, 0.3) is 5.91 Å². The predicted molar refractivity (Wildman–Crippen MR) is 89.4 cm³/mol. The summed E-state index contributed by atoms with van der Waals surface area (Å²) in [6.45, 7) is 3.69. The lowest BCUT2D eigenvalue weighted by atomic mass is 9.96. The Labute approximate surface area is 140 Å². The number of nitrogens with zero attached hydrogens (tertiary/aromatic N) is 2. The number of amides is 1. The molecule has 1 unspecified atom stereocenters. The lowest BCUT2D eigenvalue weighted by Crippen LogP contribution is -2.70. The number of hydrogen-bond donors (Lipinski definition) is 1. The minimum Gasteiger partial charge on any atom is -0.480 e. The van der Waals surface area contributed by atoms with E-state index < -0.39 is 21.2 Å². The standard InChI is InChI=1S/C15H15BrN2O3S/c1-14(2)10(11(19)20)18-12(21)15(16,13(18)22-14)17-8-9-6-4-3-5-7-9/h3-8,10,13H,1-2H3,(H,19,20)/t10-,13+,15?/m0/s1. The lowest BCUT2D eigenvalue weighted by Gasteiger charge is -2.47. The van der Waals surface area contributed by atoms with Crippen LogP contribution in [0.25, 0.3) is 0 Å². The van der Waals surface area contributed by atoms with E-state index in [9.17, 15) is 14.7 Å². The summed E-state index contributed by atoms with van der Waals surface area (Å²) >= 11 is 4.89. The van der Waals surface area contributed by atoms with Gasteiger partial charge in [0.1, 0.15) is 11.4 Å². The number of aliphatic carboxylic acids is 1. The first-order chi connectivity index (χ1) is 10.3. The highest BCUT2D eigenvalue weighted by molar-refractivity contribution is 9.10. The van der Waals surface area contributed by atoms with Gasteiger partial charge in [-0.1, -0.05) is 30.3 Å². The minimum atomic E-state index is -1.07. The molecule has 1 aromatic rings. The van der Waals surface area contributed by atoms with Crippen molar-refractivity contribution < 1.29 is 14.7 Å². The first kappa shape index (κ1) is 15.6. The van der Waals surface area contributed by atoms with Crippen LogP contribution in [0.4, 0.5) is 0 Å². The second kappa shape index (κ2) is 5.09. The number of aliphatic imine (C=N–C) groups is 1. The maximum absolute atomic E-state index is 12.5. The number of carbonyl (C=O) groups excluding carboxylic acids is 1. The Morgan fingerprint density at radius 3 is 2.64 bits per heavy atom. The number of hydrogen-bond acceptors (Lipinski definition) is 4. The molecule has 0 aromatic heterocycles. The molecule has 0 spiro atoms. The predicted octanol–water partition coefficient (Wildman–Crippen LogP) is 2.34. The van der Waals surface area contributed by atoms with Crippen LogP contribution in [0.2, 0.25) is 0 Å². The second-order valence-electron chi connectivity index (χ2n) is 5.87. The molecule has 2 fully saturated rings. The zero-order chi connectivity index (χ0) is 16.1. The summed E-state index contributed by atoms with van der Waals surface area (Å²) in [6.07, 6.45) is 1.64. The zero-order valence-electron chi connectivity index (χ0n) is 12.1. The van der Waals surface area contributed by atoms with E-state index in [1.165, 1.54) is 16.7 Å². The Kier molecular flexibility index (Phi) is 3.60. The van der Waals surface area contributed by atoms with Crippen molar-refractivity contribution in [2.24, 2.45) is 4.99 Å². The molecule has 2 saturated heterocycles. The molecule has 1 N–H and O–H groups in total. The van der Waals surface area contributed by atoms with Crippen molar-refractivity contribution in [3.63, 3.8) is 0 Å². The number of halogens is 1. The molecule has 3 atom stereocenters. The molecule has 0 aliphatic carbocycles. The van der Waals surface area contributed by atoms with Crippen molar-refractivity contribution in [2.45, 2.75) is 34.5 Å². The van der Waals surface area contributed by atoms with Crippen LogP contribution >= 0.6 is 27.7 Å². The molecule has 5 nitrogen and oxygen atoms in total. The van der Waals surface area contributed by atoms with E-state index in [1.807, 2.05) is 44.2 Å². The summed E-state index contributed by atoms with van der Waals surface area (Å²) in [6, 6.07) is 8.66. The van der Waals surface area contributed by atoms with Gasteiger partial charge in [-0.2, -0.15) is 0 Å². The van der Waals surface area contributed by atoms with Gasteiger partial charge in [0.15, 0.2) is 0 Å². The molecule has 2 aliphatic heterocycles. The van der Waals surface area contributed by atoms with E-state index in [1.54, 1.807) is 6.21 Å². The van der Waals surface area contributed by atoms with Gasteiger partial charge >= 0.3 is 5.97 Å². The zero-order valence-corrected chi connectivity index (χ0v) is 14.5. The third-order valence-corrected chi connectivity index (χ3v) is 6.80. The average Bonchev–Trinajstić information content (AvgIpc) is 2.75. The number of β-lactam (4-membered cyclic amide) rings is 1. The summed E-state index contributed by atoms with van der Waals surface area (Å²) < 4.78 is -1.63. The molecule has 0 radical (unpaired) electrons. The average molecular weight is 383 g/mol. The van der Waals surface area contributed by atoms with Crippen LogP contribution in [-0.4, -0.2) is 48.7 Å². The van der Waals surface area contributed by atoms with Crippen molar-refractivity contribution in [1.29, 1.82) is 0 Å². The van der Waals surface area contributed by atoms with E-state index in [0.29, 0.717) is 0 Å². The summed E-state index contributed by atoms with van der Waals surface area (Å²) in [5.41, 5.74) is 0.893. The lowest BCUT2D eigenvalue weighted by molar-refractivity contribution is -0.160. The van der Waals surface area contributed by atoms with Crippen molar-refractivity contribution in [1.82, 2.24) is 4.90 Å². The molecule has 116 valence electrons. The van der Waals surface area contributed by atoms with Crippen molar-refractivity contribution in [3.8, 4) is 0 Å². The number of benzene rings is 1. The molecule has 22 heavy (non-hydrogen) atoms. The van der Waals surface area contributed by atoms with Gasteiger partial charge in [0.2, 0.25) is 4.45 Å². The van der Waals surface area contributed by atoms with Crippen molar-refractivity contribution >= 4 is 45.8 Å². The number of thioether (sulfide) groups is 1. The number of fused-ring (bicyclic) bond motifs is 1. The second-order valence-corrected chi connectivity index (χ2v) is 8.81. The quantitative estimate of drug-likeness (QED) is 0.377. The third-order valence-electron chi connectivity index (χ3n) is 3.90. The van der Waals surface area contributed by atoms with Gasteiger partial charge in [0, 0.05) is 11.0 Å². The molecule has 2 aliphatic rings. The third kappa shape index (κ3) is 2.18. The smallest absolute Gasteiger partial charge is 0.327 e. The van der Waals surface area contributed by atoms with E-state index in [2.05, 4.69) is 20.9 Å². The van der Waals surface area contributed by atoms with Crippen LogP contribution in [0.3, 0.4) is 0 Å². The summed E-state index contributed by atoms with van der Waals surface area (Å²) in [7, 11) is 0. The highest BCUT2D eigenvalue weighted by atomic mass is 79.9. The number of alkyl halides is 1. The Bertz CT molecular complexity index is 664. The number of rotatable bonds is 3. The maximum atomic E-state index is 12.5. The summed E-state index contributed by atoms with van der Waals surface area (Å²) in [5, 5.41) is 9.10. The largest absolute Gasteiger partial charge is 0.480 e. The van der Waals surface area contributed by atoms with Crippen LogP contribution in [0.15, 0.2) is 35.3 Å². The van der Waals surface area contributed by atoms with Crippen LogP contribution in [-0.2, 0) is 9.59 Å². The normalized spacial score (nSPS) is 32.9. The van der Waals surface area contributed by atoms with Crippen LogP contribution < -0.4 is 0 Å². The maximum Gasteiger partial charge on any atom is 0.327 e. The molecule has 7 heteroatoms. The summed E-state index contributed by atoms with van der Waals surface area (Å²) in [4.78, 5) is 29.8. The fraction of sp³-hybridized carbons (Fsp3) is 0.400. The van der Waals surface area contributed by atoms with E-state index in [4.69, 9.17) is 0 Å². The highest BCUT2D eigenvalue weighted by Gasteiger charge is 2.71. The highest BCUT2D eigenvalue weighted by Crippen LogP contribution is 2.58. The Hall–Kier alpha value is -1.34. The minimum absolute atomic E-state index is 0.296. The van der Waals surface area contributed by atoms with Gasteiger partial charge in [-0.05, 0) is 35.3 Å². The molecule has 1 amide bonds. The van der Waals surface area contributed by atoms with E-state index in [-0.39, 0.29) is 11.3 Å².